The molecular formula is C13H26O6S. The summed E-state index contributed by atoms with van der Waals surface area (Å²) >= 11 is 0. The molecule has 3 unspecified atom stereocenters. The van der Waals surface area contributed by atoms with Crippen LogP contribution >= 0.6 is 0 Å². The van der Waals surface area contributed by atoms with Gasteiger partial charge in [-0.15, -0.1) is 0 Å². The Morgan fingerprint density at radius 3 is 2.60 bits per heavy atom. The molecule has 1 saturated heterocycles. The Balaban J connectivity index is 2.37. The second-order valence-electron chi connectivity index (χ2n) is 5.22. The van der Waals surface area contributed by atoms with Gasteiger partial charge in [-0.3, -0.25) is 4.55 Å². The summed E-state index contributed by atoms with van der Waals surface area (Å²) in [5.74, 6) is 0.335. The average Bonchev–Trinajstić information content (AvgIpc) is 2.83. The molecule has 0 bridgehead atoms. The topological polar surface area (TPSA) is 82.1 Å². The molecule has 0 aromatic carbocycles. The molecule has 1 fully saturated rings. The molecule has 0 amide bonds. The van der Waals surface area contributed by atoms with Crippen molar-refractivity contribution in [1.29, 1.82) is 0 Å². The Morgan fingerprint density at radius 2 is 2.00 bits per heavy atom. The zero-order valence-electron chi connectivity index (χ0n) is 12.3. The van der Waals surface area contributed by atoms with Crippen molar-refractivity contribution in [2.24, 2.45) is 5.92 Å². The number of unbranched alkanes of at least 4 members (excludes halogenated alkanes) is 2. The fraction of sp³-hybridized carbons (Fsp3) is 1.00. The van der Waals surface area contributed by atoms with E-state index in [2.05, 4.69) is 18.0 Å². The third kappa shape index (κ3) is 6.99. The zero-order chi connectivity index (χ0) is 15.0. The lowest BCUT2D eigenvalue weighted by atomic mass is 9.96. The van der Waals surface area contributed by atoms with Crippen LogP contribution in [0.1, 0.15) is 52.4 Å². The van der Waals surface area contributed by atoms with Crippen molar-refractivity contribution in [3.63, 3.8) is 0 Å². The minimum atomic E-state index is -4.41. The molecule has 0 aliphatic carbocycles. The van der Waals surface area contributed by atoms with E-state index >= 15 is 0 Å². The third-order valence-corrected chi connectivity index (χ3v) is 3.83. The van der Waals surface area contributed by atoms with Gasteiger partial charge in [-0.1, -0.05) is 39.5 Å². The van der Waals surface area contributed by atoms with Crippen LogP contribution < -0.4 is 0 Å². The molecular weight excluding hydrogens is 284 g/mol. The lowest BCUT2D eigenvalue weighted by Gasteiger charge is -2.22. The molecule has 0 aromatic heterocycles. The minimum absolute atomic E-state index is 0.205. The van der Waals surface area contributed by atoms with Crippen LogP contribution in [0.3, 0.4) is 0 Å². The van der Waals surface area contributed by atoms with E-state index in [-0.39, 0.29) is 12.9 Å². The highest BCUT2D eigenvalue weighted by atomic mass is 32.3. The number of rotatable bonds is 10. The maximum Gasteiger partial charge on any atom is 0.397 e. The van der Waals surface area contributed by atoms with Crippen LogP contribution in [0.2, 0.25) is 0 Å². The first-order chi connectivity index (χ1) is 9.46. The smallest absolute Gasteiger partial charge is 0.350 e. The zero-order valence-corrected chi connectivity index (χ0v) is 13.1. The summed E-state index contributed by atoms with van der Waals surface area (Å²) < 4.78 is 45.2. The van der Waals surface area contributed by atoms with Crippen LogP contribution in [0.15, 0.2) is 0 Å². The summed E-state index contributed by atoms with van der Waals surface area (Å²) in [5.41, 5.74) is 0. The Kier molecular flexibility index (Phi) is 7.98. The van der Waals surface area contributed by atoms with Crippen LogP contribution in [0.4, 0.5) is 0 Å². The second kappa shape index (κ2) is 8.94. The summed E-state index contributed by atoms with van der Waals surface area (Å²) in [5, 5.41) is 0. The predicted molar refractivity (Wildman–Crippen MR) is 74.7 cm³/mol. The van der Waals surface area contributed by atoms with E-state index in [1.807, 2.05) is 0 Å². The van der Waals surface area contributed by atoms with E-state index in [0.29, 0.717) is 12.5 Å². The highest BCUT2D eigenvalue weighted by Gasteiger charge is 2.32. The molecule has 1 rings (SSSR count). The van der Waals surface area contributed by atoms with Crippen LogP contribution in [0, 0.1) is 5.92 Å². The van der Waals surface area contributed by atoms with E-state index in [4.69, 9.17) is 14.0 Å². The first-order valence-corrected chi connectivity index (χ1v) is 8.71. The number of ether oxygens (including phenoxy) is 2. The second-order valence-corrected chi connectivity index (χ2v) is 6.31. The first kappa shape index (κ1) is 17.8. The molecule has 1 N–H and O–H groups in total. The van der Waals surface area contributed by atoms with E-state index in [1.54, 1.807) is 0 Å². The monoisotopic (exact) mass is 310 g/mol. The predicted octanol–water partition coefficient (Wildman–Crippen LogP) is 2.54. The molecule has 0 spiro atoms. The Hall–Kier alpha value is -0.210. The van der Waals surface area contributed by atoms with E-state index in [1.165, 1.54) is 12.8 Å². The van der Waals surface area contributed by atoms with Gasteiger partial charge in [-0.25, -0.2) is 4.18 Å². The van der Waals surface area contributed by atoms with Gasteiger partial charge in [0.25, 0.3) is 0 Å². The molecule has 7 heteroatoms. The van der Waals surface area contributed by atoms with Gasteiger partial charge >= 0.3 is 10.4 Å². The van der Waals surface area contributed by atoms with E-state index < -0.39 is 16.5 Å². The maximum atomic E-state index is 10.5. The van der Waals surface area contributed by atoms with Gasteiger partial charge in [0, 0.05) is 5.92 Å². The van der Waals surface area contributed by atoms with Crippen molar-refractivity contribution in [2.45, 2.75) is 64.8 Å². The van der Waals surface area contributed by atoms with Crippen molar-refractivity contribution >= 4 is 10.4 Å². The molecule has 20 heavy (non-hydrogen) atoms. The lowest BCUT2D eigenvalue weighted by molar-refractivity contribution is -0.105. The standard InChI is InChI=1S/C13H26O6S/c1-3-5-6-8-11(7-4-2)13-17-9-12(19-13)10-18-20(14,15)16/h11-13H,3-10H2,1-2H3,(H,14,15,16). The van der Waals surface area contributed by atoms with Crippen LogP contribution in [0.25, 0.3) is 0 Å². The Bertz CT molecular complexity index is 356. The Labute approximate surface area is 121 Å². The highest BCUT2D eigenvalue weighted by Crippen LogP contribution is 2.27. The number of hydrogen-bond acceptors (Lipinski definition) is 5. The maximum absolute atomic E-state index is 10.5. The summed E-state index contributed by atoms with van der Waals surface area (Å²) in [6.45, 7) is 4.39. The number of hydrogen-bond donors (Lipinski definition) is 1. The van der Waals surface area contributed by atoms with Crippen LogP contribution in [-0.2, 0) is 24.1 Å². The fourth-order valence-electron chi connectivity index (χ4n) is 2.41. The highest BCUT2D eigenvalue weighted by molar-refractivity contribution is 7.80. The van der Waals surface area contributed by atoms with Crippen molar-refractivity contribution in [3.8, 4) is 0 Å². The largest absolute Gasteiger partial charge is 0.397 e. The van der Waals surface area contributed by atoms with Gasteiger partial charge in [0.15, 0.2) is 6.29 Å². The average molecular weight is 310 g/mol. The molecule has 1 aliphatic heterocycles. The summed E-state index contributed by atoms with van der Waals surface area (Å²) in [4.78, 5) is 0. The molecule has 6 nitrogen and oxygen atoms in total. The molecule has 0 radical (unpaired) electrons. The van der Waals surface area contributed by atoms with Crippen molar-refractivity contribution < 1.29 is 26.6 Å². The van der Waals surface area contributed by atoms with Crippen LogP contribution in [0.5, 0.6) is 0 Å². The van der Waals surface area contributed by atoms with Gasteiger partial charge in [0.2, 0.25) is 0 Å². The van der Waals surface area contributed by atoms with Crippen molar-refractivity contribution in [1.82, 2.24) is 0 Å². The molecule has 3 atom stereocenters. The van der Waals surface area contributed by atoms with Crippen molar-refractivity contribution in [2.75, 3.05) is 13.2 Å². The van der Waals surface area contributed by atoms with Crippen LogP contribution in [-0.4, -0.2) is 38.6 Å². The first-order valence-electron chi connectivity index (χ1n) is 7.35. The van der Waals surface area contributed by atoms with E-state index in [9.17, 15) is 8.42 Å². The molecule has 120 valence electrons. The summed E-state index contributed by atoms with van der Waals surface area (Å²) in [7, 11) is -4.41. The minimum Gasteiger partial charge on any atom is -0.350 e. The normalized spacial score (nSPS) is 24.9. The van der Waals surface area contributed by atoms with Gasteiger partial charge < -0.3 is 9.47 Å². The van der Waals surface area contributed by atoms with Gasteiger partial charge in [-0.2, -0.15) is 8.42 Å². The summed E-state index contributed by atoms with van der Waals surface area (Å²) in [6, 6.07) is 0. The van der Waals surface area contributed by atoms with E-state index in [0.717, 1.165) is 25.7 Å². The van der Waals surface area contributed by atoms with Gasteiger partial charge in [0.1, 0.15) is 6.10 Å². The molecule has 1 heterocycles. The van der Waals surface area contributed by atoms with Crippen molar-refractivity contribution in [3.05, 3.63) is 0 Å². The SMILES string of the molecule is CCCCCC(CCC)C1OCC(COS(=O)(=O)O)O1. The molecule has 0 aromatic rings. The summed E-state index contributed by atoms with van der Waals surface area (Å²) in [6.07, 6.45) is 5.94. The Morgan fingerprint density at radius 1 is 1.25 bits per heavy atom. The molecule has 1 aliphatic rings. The lowest BCUT2D eigenvalue weighted by Crippen LogP contribution is -2.25. The third-order valence-electron chi connectivity index (χ3n) is 3.40. The van der Waals surface area contributed by atoms with Gasteiger partial charge in [-0.05, 0) is 12.8 Å². The van der Waals surface area contributed by atoms with Gasteiger partial charge in [0.05, 0.1) is 13.2 Å². The fourth-order valence-corrected chi connectivity index (χ4v) is 2.73. The molecule has 0 saturated carbocycles. The quantitative estimate of drug-likeness (QED) is 0.493.